The molecule has 0 radical (unpaired) electrons. The van der Waals surface area contributed by atoms with Crippen molar-refractivity contribution in [1.29, 1.82) is 0 Å². The normalized spacial score (nSPS) is 26.5. The van der Waals surface area contributed by atoms with Gasteiger partial charge in [-0.2, -0.15) is 0 Å². The summed E-state index contributed by atoms with van der Waals surface area (Å²) in [6.45, 7) is 9.37. The summed E-state index contributed by atoms with van der Waals surface area (Å²) in [6.07, 6.45) is 2.43. The SMILES string of the molecule is Cc1ccc(C(=O)N2CCC(N3CC(C)OC(C)C3)CC2)c(=O)[nH]1. The number of nitrogens with zero attached hydrogens (tertiary/aromatic N) is 2. The molecule has 1 N–H and O–H groups in total. The number of carbonyl (C=O) groups excluding carboxylic acids is 1. The van der Waals surface area contributed by atoms with Crippen molar-refractivity contribution in [3.8, 4) is 0 Å². The maximum absolute atomic E-state index is 12.6. The van der Waals surface area contributed by atoms with Gasteiger partial charge in [0.15, 0.2) is 0 Å². The Labute approximate surface area is 142 Å². The topological polar surface area (TPSA) is 65.6 Å². The number of pyridine rings is 1. The predicted octanol–water partition coefficient (Wildman–Crippen LogP) is 1.40. The van der Waals surface area contributed by atoms with Crippen LogP contribution < -0.4 is 5.56 Å². The molecule has 2 saturated heterocycles. The zero-order chi connectivity index (χ0) is 17.3. The van der Waals surface area contributed by atoms with E-state index in [4.69, 9.17) is 4.74 Å². The van der Waals surface area contributed by atoms with E-state index in [-0.39, 0.29) is 29.2 Å². The van der Waals surface area contributed by atoms with Crippen molar-refractivity contribution in [1.82, 2.24) is 14.8 Å². The molecule has 3 heterocycles. The lowest BCUT2D eigenvalue weighted by molar-refractivity contribution is -0.0856. The molecule has 0 aromatic carbocycles. The Morgan fingerprint density at radius 3 is 2.38 bits per heavy atom. The first-order chi connectivity index (χ1) is 11.4. The van der Waals surface area contributed by atoms with Gasteiger partial charge in [0.1, 0.15) is 5.56 Å². The van der Waals surface area contributed by atoms with Gasteiger partial charge in [0, 0.05) is 37.9 Å². The summed E-state index contributed by atoms with van der Waals surface area (Å²) in [5.41, 5.74) is 0.719. The Kier molecular flexibility index (Phi) is 5.06. The zero-order valence-corrected chi connectivity index (χ0v) is 14.7. The van der Waals surface area contributed by atoms with Crippen LogP contribution in [0.2, 0.25) is 0 Å². The number of aromatic amines is 1. The first-order valence-electron chi connectivity index (χ1n) is 8.82. The lowest BCUT2D eigenvalue weighted by atomic mass is 10.0. The van der Waals surface area contributed by atoms with E-state index in [1.54, 1.807) is 12.1 Å². The molecule has 0 aliphatic carbocycles. The van der Waals surface area contributed by atoms with Crippen LogP contribution >= 0.6 is 0 Å². The number of likely N-dealkylation sites (tertiary alicyclic amines) is 1. The molecule has 2 aliphatic rings. The van der Waals surface area contributed by atoms with Gasteiger partial charge in [0.05, 0.1) is 12.2 Å². The number of ether oxygens (including phenoxy) is 1. The number of nitrogens with one attached hydrogen (secondary N) is 1. The van der Waals surface area contributed by atoms with Crippen LogP contribution in [0.3, 0.4) is 0 Å². The van der Waals surface area contributed by atoms with Gasteiger partial charge < -0.3 is 14.6 Å². The Bertz CT molecular complexity index is 639. The number of amides is 1. The molecule has 2 aliphatic heterocycles. The molecule has 1 aromatic heterocycles. The number of morpholine rings is 1. The third-order valence-corrected chi connectivity index (χ3v) is 5.00. The molecule has 0 bridgehead atoms. The van der Waals surface area contributed by atoms with Gasteiger partial charge in [-0.15, -0.1) is 0 Å². The molecule has 2 unspecified atom stereocenters. The second-order valence-corrected chi connectivity index (χ2v) is 7.12. The second-order valence-electron chi connectivity index (χ2n) is 7.12. The highest BCUT2D eigenvalue weighted by atomic mass is 16.5. The van der Waals surface area contributed by atoms with Gasteiger partial charge in [0.25, 0.3) is 11.5 Å². The maximum Gasteiger partial charge on any atom is 0.260 e. The van der Waals surface area contributed by atoms with E-state index >= 15 is 0 Å². The number of piperidine rings is 1. The summed E-state index contributed by atoms with van der Waals surface area (Å²) in [7, 11) is 0. The standard InChI is InChI=1S/C18H27N3O3/c1-12-4-5-16(17(22)19-12)18(23)20-8-6-15(7-9-20)21-10-13(2)24-14(3)11-21/h4-5,13-15H,6-11H2,1-3H3,(H,19,22). The molecule has 3 rings (SSSR count). The van der Waals surface area contributed by atoms with Gasteiger partial charge in [0.2, 0.25) is 0 Å². The highest BCUT2D eigenvalue weighted by Crippen LogP contribution is 2.22. The van der Waals surface area contributed by atoms with E-state index in [9.17, 15) is 9.59 Å². The minimum Gasteiger partial charge on any atom is -0.373 e. The van der Waals surface area contributed by atoms with Crippen LogP contribution in [0.15, 0.2) is 16.9 Å². The Balaban J connectivity index is 1.60. The van der Waals surface area contributed by atoms with Gasteiger partial charge in [-0.05, 0) is 45.7 Å². The first kappa shape index (κ1) is 17.2. The maximum atomic E-state index is 12.6. The molecule has 6 nitrogen and oxygen atoms in total. The van der Waals surface area contributed by atoms with Crippen LogP contribution in [0.5, 0.6) is 0 Å². The molecule has 24 heavy (non-hydrogen) atoms. The third-order valence-electron chi connectivity index (χ3n) is 5.00. The Morgan fingerprint density at radius 2 is 1.79 bits per heavy atom. The van der Waals surface area contributed by atoms with Gasteiger partial charge in [-0.3, -0.25) is 14.5 Å². The molecule has 1 amide bonds. The van der Waals surface area contributed by atoms with Crippen molar-refractivity contribution >= 4 is 5.91 Å². The average Bonchev–Trinajstić information content (AvgIpc) is 2.53. The molecular formula is C18H27N3O3. The average molecular weight is 333 g/mol. The molecule has 0 spiro atoms. The quantitative estimate of drug-likeness (QED) is 0.888. The van der Waals surface area contributed by atoms with Crippen molar-refractivity contribution in [2.75, 3.05) is 26.2 Å². The number of aromatic nitrogens is 1. The number of hydrogen-bond acceptors (Lipinski definition) is 4. The molecule has 132 valence electrons. The fourth-order valence-electron chi connectivity index (χ4n) is 3.86. The monoisotopic (exact) mass is 333 g/mol. The van der Waals surface area contributed by atoms with E-state index in [2.05, 4.69) is 23.7 Å². The highest BCUT2D eigenvalue weighted by molar-refractivity contribution is 5.93. The first-order valence-corrected chi connectivity index (χ1v) is 8.82. The van der Waals surface area contributed by atoms with Gasteiger partial charge in [-0.1, -0.05) is 0 Å². The molecule has 6 heteroatoms. The van der Waals surface area contributed by atoms with Crippen molar-refractivity contribution in [2.45, 2.75) is 51.9 Å². The Morgan fingerprint density at radius 1 is 1.17 bits per heavy atom. The zero-order valence-electron chi connectivity index (χ0n) is 14.7. The highest BCUT2D eigenvalue weighted by Gasteiger charge is 2.32. The van der Waals surface area contributed by atoms with E-state index in [0.29, 0.717) is 19.1 Å². The number of rotatable bonds is 2. The smallest absolute Gasteiger partial charge is 0.260 e. The van der Waals surface area contributed by atoms with E-state index < -0.39 is 0 Å². The van der Waals surface area contributed by atoms with Crippen LogP contribution in [-0.2, 0) is 4.74 Å². The number of H-pyrrole nitrogens is 1. The van der Waals surface area contributed by atoms with Gasteiger partial charge in [-0.25, -0.2) is 0 Å². The molecule has 2 fully saturated rings. The largest absolute Gasteiger partial charge is 0.373 e. The lowest BCUT2D eigenvalue weighted by Crippen LogP contribution is -2.54. The number of carbonyl (C=O) groups is 1. The van der Waals surface area contributed by atoms with Crippen molar-refractivity contribution in [3.05, 3.63) is 33.7 Å². The molecule has 0 saturated carbocycles. The van der Waals surface area contributed by atoms with Gasteiger partial charge >= 0.3 is 0 Å². The molecule has 1 aromatic rings. The number of hydrogen-bond donors (Lipinski definition) is 1. The van der Waals surface area contributed by atoms with E-state index in [1.807, 2.05) is 11.8 Å². The van der Waals surface area contributed by atoms with Crippen LogP contribution in [0.4, 0.5) is 0 Å². The van der Waals surface area contributed by atoms with Crippen molar-refractivity contribution in [3.63, 3.8) is 0 Å². The third kappa shape index (κ3) is 3.70. The fraction of sp³-hybridized carbons (Fsp3) is 0.667. The summed E-state index contributed by atoms with van der Waals surface area (Å²) in [5.74, 6) is -0.154. The second kappa shape index (κ2) is 7.07. The Hall–Kier alpha value is -1.66. The lowest BCUT2D eigenvalue weighted by Gasteiger charge is -2.43. The van der Waals surface area contributed by atoms with Crippen LogP contribution in [0.25, 0.3) is 0 Å². The molecular weight excluding hydrogens is 306 g/mol. The summed E-state index contributed by atoms with van der Waals surface area (Å²) in [5, 5.41) is 0. The predicted molar refractivity (Wildman–Crippen MR) is 92.3 cm³/mol. The summed E-state index contributed by atoms with van der Waals surface area (Å²) in [6, 6.07) is 3.91. The minimum absolute atomic E-state index is 0.154. The van der Waals surface area contributed by atoms with Crippen LogP contribution in [0.1, 0.15) is 42.7 Å². The van der Waals surface area contributed by atoms with E-state index in [0.717, 1.165) is 31.6 Å². The molecule has 2 atom stereocenters. The van der Waals surface area contributed by atoms with Crippen molar-refractivity contribution < 1.29 is 9.53 Å². The fourth-order valence-corrected chi connectivity index (χ4v) is 3.86. The van der Waals surface area contributed by atoms with Crippen molar-refractivity contribution in [2.24, 2.45) is 0 Å². The summed E-state index contributed by atoms with van der Waals surface area (Å²) < 4.78 is 5.80. The number of aryl methyl sites for hydroxylation is 1. The minimum atomic E-state index is -0.294. The van der Waals surface area contributed by atoms with Crippen LogP contribution in [0, 0.1) is 6.92 Å². The summed E-state index contributed by atoms with van der Waals surface area (Å²) >= 11 is 0. The summed E-state index contributed by atoms with van der Waals surface area (Å²) in [4.78, 5) is 31.6. The van der Waals surface area contributed by atoms with Crippen LogP contribution in [-0.4, -0.2) is 65.1 Å². The van der Waals surface area contributed by atoms with E-state index in [1.165, 1.54) is 0 Å².